The Morgan fingerprint density at radius 3 is 2.67 bits per heavy atom. The quantitative estimate of drug-likeness (QED) is 0.788. The predicted molar refractivity (Wildman–Crippen MR) is 77.3 cm³/mol. The van der Waals surface area contributed by atoms with Crippen LogP contribution in [0.1, 0.15) is 18.6 Å². The van der Waals surface area contributed by atoms with Gasteiger partial charge in [0.25, 0.3) is 0 Å². The number of carbonyl (C=O) groups is 1. The van der Waals surface area contributed by atoms with Crippen LogP contribution in [0.3, 0.4) is 0 Å². The zero-order valence-corrected chi connectivity index (χ0v) is 12.9. The van der Waals surface area contributed by atoms with Gasteiger partial charge in [-0.2, -0.15) is 0 Å². The number of aromatic nitrogens is 1. The number of rotatable bonds is 5. The van der Waals surface area contributed by atoms with Gasteiger partial charge in [-0.15, -0.1) is 0 Å². The fourth-order valence-corrected chi connectivity index (χ4v) is 3.16. The van der Waals surface area contributed by atoms with E-state index in [4.69, 9.17) is 4.52 Å². The van der Waals surface area contributed by atoms with Crippen LogP contribution in [0.15, 0.2) is 10.6 Å². The van der Waals surface area contributed by atoms with Gasteiger partial charge in [0.1, 0.15) is 5.76 Å². The summed E-state index contributed by atoms with van der Waals surface area (Å²) < 4.78 is 29.8. The highest BCUT2D eigenvalue weighted by Crippen LogP contribution is 2.12. The van der Waals surface area contributed by atoms with Crippen molar-refractivity contribution in [2.45, 2.75) is 25.8 Å². The van der Waals surface area contributed by atoms with Crippen LogP contribution < -0.4 is 10.0 Å². The number of carbonyl (C=O) groups excluding carboxylic acids is 1. The Morgan fingerprint density at radius 1 is 1.48 bits per heavy atom. The molecule has 0 bridgehead atoms. The van der Waals surface area contributed by atoms with E-state index in [1.165, 1.54) is 0 Å². The molecule has 1 aliphatic rings. The maximum Gasteiger partial charge on any atom is 0.239 e. The van der Waals surface area contributed by atoms with Crippen LogP contribution in [0.25, 0.3) is 0 Å². The number of sulfonamides is 1. The summed E-state index contributed by atoms with van der Waals surface area (Å²) in [6.45, 7) is 3.37. The van der Waals surface area contributed by atoms with Gasteiger partial charge in [-0.25, -0.2) is 13.1 Å². The molecule has 8 nitrogen and oxygen atoms in total. The third kappa shape index (κ3) is 5.44. The monoisotopic (exact) mass is 316 g/mol. The Kier molecular flexibility index (Phi) is 4.96. The molecule has 1 saturated heterocycles. The van der Waals surface area contributed by atoms with Crippen LogP contribution in [-0.4, -0.2) is 56.3 Å². The second kappa shape index (κ2) is 6.54. The van der Waals surface area contributed by atoms with E-state index in [1.807, 2.05) is 4.90 Å². The van der Waals surface area contributed by atoms with Crippen LogP contribution in [-0.2, 0) is 14.8 Å². The number of hydrogen-bond donors (Lipinski definition) is 2. The Bertz CT molecular complexity index is 590. The minimum atomic E-state index is -3.17. The van der Waals surface area contributed by atoms with Crippen LogP contribution in [0.2, 0.25) is 0 Å². The van der Waals surface area contributed by atoms with E-state index in [0.717, 1.165) is 6.26 Å². The fraction of sp³-hybridized carbons (Fsp3) is 0.667. The number of hydrogen-bond acceptors (Lipinski definition) is 6. The first-order valence-electron chi connectivity index (χ1n) is 6.74. The molecule has 0 unspecified atom stereocenters. The summed E-state index contributed by atoms with van der Waals surface area (Å²) in [6.07, 6.45) is 2.56. The number of amides is 1. The Hall–Kier alpha value is -1.45. The molecule has 118 valence electrons. The van der Waals surface area contributed by atoms with E-state index in [-0.39, 0.29) is 18.5 Å². The SMILES string of the molecule is Cc1cc(NC(=O)CN2CCC(NS(C)(=O)=O)CC2)no1. The second-order valence-corrected chi connectivity index (χ2v) is 7.09. The van der Waals surface area contributed by atoms with Gasteiger partial charge in [-0.05, 0) is 19.8 Å². The molecule has 0 aliphatic carbocycles. The molecule has 0 saturated carbocycles. The molecule has 1 aliphatic heterocycles. The van der Waals surface area contributed by atoms with Crippen molar-refractivity contribution in [2.24, 2.45) is 0 Å². The van der Waals surface area contributed by atoms with Gasteiger partial charge in [0.2, 0.25) is 15.9 Å². The van der Waals surface area contributed by atoms with Crippen molar-refractivity contribution >= 4 is 21.7 Å². The summed E-state index contributed by atoms with van der Waals surface area (Å²) in [7, 11) is -3.17. The molecule has 2 heterocycles. The van der Waals surface area contributed by atoms with Gasteiger partial charge in [0.05, 0.1) is 12.8 Å². The number of piperidine rings is 1. The molecule has 21 heavy (non-hydrogen) atoms. The lowest BCUT2D eigenvalue weighted by Crippen LogP contribution is -2.46. The van der Waals surface area contributed by atoms with Crippen molar-refractivity contribution in [3.05, 3.63) is 11.8 Å². The topological polar surface area (TPSA) is 105 Å². The number of aryl methyl sites for hydroxylation is 1. The van der Waals surface area contributed by atoms with E-state index in [2.05, 4.69) is 15.2 Å². The summed E-state index contributed by atoms with van der Waals surface area (Å²) >= 11 is 0. The first kappa shape index (κ1) is 15.9. The van der Waals surface area contributed by atoms with E-state index >= 15 is 0 Å². The standard InChI is InChI=1S/C12H20N4O4S/c1-9-7-11(14-20-9)13-12(17)8-16-5-3-10(4-6-16)15-21(2,18)19/h7,10,15H,3-6,8H2,1-2H3,(H,13,14,17). The van der Waals surface area contributed by atoms with E-state index < -0.39 is 10.0 Å². The number of likely N-dealkylation sites (tertiary alicyclic amines) is 1. The largest absolute Gasteiger partial charge is 0.360 e. The summed E-state index contributed by atoms with van der Waals surface area (Å²) in [5.74, 6) is 0.891. The Morgan fingerprint density at radius 2 is 2.14 bits per heavy atom. The summed E-state index contributed by atoms with van der Waals surface area (Å²) in [4.78, 5) is 13.8. The molecule has 0 aromatic carbocycles. The molecular weight excluding hydrogens is 296 g/mol. The highest BCUT2D eigenvalue weighted by molar-refractivity contribution is 7.88. The lowest BCUT2D eigenvalue weighted by molar-refractivity contribution is -0.117. The maximum atomic E-state index is 11.9. The zero-order valence-electron chi connectivity index (χ0n) is 12.1. The van der Waals surface area contributed by atoms with Gasteiger partial charge >= 0.3 is 0 Å². The number of nitrogens with one attached hydrogen (secondary N) is 2. The maximum absolute atomic E-state index is 11.9. The summed E-state index contributed by atoms with van der Waals surface area (Å²) in [5, 5.41) is 6.36. The van der Waals surface area contributed by atoms with Crippen molar-refractivity contribution in [2.75, 3.05) is 31.2 Å². The van der Waals surface area contributed by atoms with Gasteiger partial charge in [-0.1, -0.05) is 5.16 Å². The molecule has 1 aromatic heterocycles. The second-order valence-electron chi connectivity index (χ2n) is 5.31. The highest BCUT2D eigenvalue weighted by atomic mass is 32.2. The molecular formula is C12H20N4O4S. The molecule has 1 fully saturated rings. The third-order valence-electron chi connectivity index (χ3n) is 3.23. The average Bonchev–Trinajstić information content (AvgIpc) is 2.75. The fourth-order valence-electron chi connectivity index (χ4n) is 2.32. The first-order valence-corrected chi connectivity index (χ1v) is 8.64. The van der Waals surface area contributed by atoms with Gasteiger partial charge in [-0.3, -0.25) is 9.69 Å². The van der Waals surface area contributed by atoms with Crippen molar-refractivity contribution < 1.29 is 17.7 Å². The van der Waals surface area contributed by atoms with Gasteiger partial charge in [0.15, 0.2) is 5.82 Å². The molecule has 0 radical (unpaired) electrons. The van der Waals surface area contributed by atoms with Gasteiger partial charge < -0.3 is 9.84 Å². The molecule has 9 heteroatoms. The average molecular weight is 316 g/mol. The molecule has 2 N–H and O–H groups in total. The smallest absolute Gasteiger partial charge is 0.239 e. The minimum absolute atomic E-state index is 0.0440. The first-order chi connectivity index (χ1) is 9.82. The van der Waals surface area contributed by atoms with E-state index in [0.29, 0.717) is 37.5 Å². The lowest BCUT2D eigenvalue weighted by atomic mass is 10.1. The van der Waals surface area contributed by atoms with Crippen molar-refractivity contribution in [3.8, 4) is 0 Å². The predicted octanol–water partition coefficient (Wildman–Crippen LogP) is -0.0649. The molecule has 0 spiro atoms. The van der Waals surface area contributed by atoms with Crippen molar-refractivity contribution in [1.82, 2.24) is 14.8 Å². The molecule has 0 atom stereocenters. The highest BCUT2D eigenvalue weighted by Gasteiger charge is 2.23. The van der Waals surface area contributed by atoms with Crippen molar-refractivity contribution in [3.63, 3.8) is 0 Å². The Balaban J connectivity index is 1.74. The zero-order chi connectivity index (χ0) is 15.5. The number of anilines is 1. The Labute approximate surface area is 123 Å². The lowest BCUT2D eigenvalue weighted by Gasteiger charge is -2.31. The van der Waals surface area contributed by atoms with Gasteiger partial charge in [0, 0.05) is 25.2 Å². The van der Waals surface area contributed by atoms with Crippen molar-refractivity contribution in [1.29, 1.82) is 0 Å². The van der Waals surface area contributed by atoms with Crippen LogP contribution in [0.4, 0.5) is 5.82 Å². The van der Waals surface area contributed by atoms with Crippen LogP contribution in [0.5, 0.6) is 0 Å². The summed E-state index contributed by atoms with van der Waals surface area (Å²) in [5.41, 5.74) is 0. The van der Waals surface area contributed by atoms with Crippen LogP contribution in [0, 0.1) is 6.92 Å². The minimum Gasteiger partial charge on any atom is -0.360 e. The molecule has 1 aromatic rings. The van der Waals surface area contributed by atoms with Crippen LogP contribution >= 0.6 is 0 Å². The summed E-state index contributed by atoms with van der Waals surface area (Å²) in [6, 6.07) is 1.61. The molecule has 2 rings (SSSR count). The number of nitrogens with zero attached hydrogens (tertiary/aromatic N) is 2. The third-order valence-corrected chi connectivity index (χ3v) is 3.99. The normalized spacial score (nSPS) is 17.8. The van der Waals surface area contributed by atoms with E-state index in [9.17, 15) is 13.2 Å². The molecule has 1 amide bonds. The van der Waals surface area contributed by atoms with E-state index in [1.54, 1.807) is 13.0 Å².